The quantitative estimate of drug-likeness (QED) is 0.390. The molecular weight excluding hydrogens is 448 g/mol. The van der Waals surface area contributed by atoms with Crippen LogP contribution in [0.3, 0.4) is 0 Å². The van der Waals surface area contributed by atoms with Crippen molar-refractivity contribution in [3.63, 3.8) is 0 Å². The van der Waals surface area contributed by atoms with Gasteiger partial charge in [-0.1, -0.05) is 57.2 Å². The molecule has 6 heteroatoms. The summed E-state index contributed by atoms with van der Waals surface area (Å²) in [7, 11) is 3.75. The van der Waals surface area contributed by atoms with Crippen molar-refractivity contribution >= 4 is 0 Å². The molecule has 0 unspecified atom stereocenters. The molecule has 1 aliphatic heterocycles. The first kappa shape index (κ1) is 24.2. The number of benzene rings is 2. The summed E-state index contributed by atoms with van der Waals surface area (Å²) < 4.78 is 7.31. The maximum Gasteiger partial charge on any atom is 0.124 e. The van der Waals surface area contributed by atoms with Crippen LogP contribution < -0.4 is 4.74 Å². The zero-order valence-electron chi connectivity index (χ0n) is 21.6. The molecule has 36 heavy (non-hydrogen) atoms. The van der Waals surface area contributed by atoms with Gasteiger partial charge in [-0.25, -0.2) is 4.98 Å². The van der Waals surface area contributed by atoms with Gasteiger partial charge in [0.1, 0.15) is 11.4 Å². The molecule has 0 spiro atoms. The number of hydrogen-bond acceptors (Lipinski definition) is 5. The lowest BCUT2D eigenvalue weighted by Gasteiger charge is -2.55. The normalized spacial score (nSPS) is 17.0. The standard InChI is InChI=1S/C30H34N4O2/c1-21(2)22-9-11-24(12-10-22)30(35,29(3)18-33(4)19-29)25-14-26(16-31-15-25)34-17-28(32-20-34)23-7-6-8-27(13-23)36-5/h6-17,20-21,35H,18-19H2,1-5H3/t30-/m0/s1. The third kappa shape index (κ3) is 4.10. The van der Waals surface area contributed by atoms with Crippen molar-refractivity contribution in [2.75, 3.05) is 27.2 Å². The van der Waals surface area contributed by atoms with E-state index in [2.05, 4.69) is 67.0 Å². The lowest BCUT2D eigenvalue weighted by atomic mass is 9.62. The Morgan fingerprint density at radius 1 is 1.03 bits per heavy atom. The summed E-state index contributed by atoms with van der Waals surface area (Å²) in [6.45, 7) is 8.12. The monoisotopic (exact) mass is 482 g/mol. The van der Waals surface area contributed by atoms with E-state index in [0.29, 0.717) is 5.92 Å². The highest BCUT2D eigenvalue weighted by atomic mass is 16.5. The zero-order chi connectivity index (χ0) is 25.5. The van der Waals surface area contributed by atoms with Crippen molar-refractivity contribution in [3.8, 4) is 22.7 Å². The number of ether oxygens (including phenoxy) is 1. The van der Waals surface area contributed by atoms with Crippen LogP contribution in [0.2, 0.25) is 0 Å². The molecule has 1 saturated heterocycles. The second-order valence-corrected chi connectivity index (χ2v) is 10.6. The number of imidazole rings is 1. The molecule has 186 valence electrons. The van der Waals surface area contributed by atoms with E-state index in [1.165, 1.54) is 5.56 Å². The number of methoxy groups -OCH3 is 1. The van der Waals surface area contributed by atoms with Crippen LogP contribution in [-0.2, 0) is 5.60 Å². The van der Waals surface area contributed by atoms with Crippen molar-refractivity contribution in [1.29, 1.82) is 0 Å². The van der Waals surface area contributed by atoms with Crippen LogP contribution in [0.5, 0.6) is 5.75 Å². The predicted molar refractivity (Wildman–Crippen MR) is 142 cm³/mol. The maximum absolute atomic E-state index is 12.5. The molecule has 0 saturated carbocycles. The third-order valence-electron chi connectivity index (χ3n) is 7.49. The van der Waals surface area contributed by atoms with Crippen LogP contribution >= 0.6 is 0 Å². The van der Waals surface area contributed by atoms with Crippen LogP contribution in [0.4, 0.5) is 0 Å². The first-order valence-electron chi connectivity index (χ1n) is 12.4. The summed E-state index contributed by atoms with van der Waals surface area (Å²) in [6, 6.07) is 18.3. The van der Waals surface area contributed by atoms with Gasteiger partial charge in [0.2, 0.25) is 0 Å². The van der Waals surface area contributed by atoms with Crippen molar-refractivity contribution in [1.82, 2.24) is 19.4 Å². The molecule has 2 aromatic carbocycles. The number of hydrogen-bond donors (Lipinski definition) is 1. The minimum atomic E-state index is -1.19. The Labute approximate surface area is 213 Å². The van der Waals surface area contributed by atoms with Gasteiger partial charge < -0.3 is 19.3 Å². The van der Waals surface area contributed by atoms with Gasteiger partial charge in [-0.15, -0.1) is 0 Å². The zero-order valence-corrected chi connectivity index (χ0v) is 21.6. The number of aliphatic hydroxyl groups is 1. The average molecular weight is 483 g/mol. The van der Waals surface area contributed by atoms with Gasteiger partial charge in [-0.05, 0) is 42.3 Å². The van der Waals surface area contributed by atoms with Crippen molar-refractivity contribution in [2.24, 2.45) is 5.41 Å². The Bertz CT molecular complexity index is 1360. The minimum absolute atomic E-state index is 0.345. The fraction of sp³-hybridized carbons (Fsp3) is 0.333. The molecule has 0 amide bonds. The van der Waals surface area contributed by atoms with Gasteiger partial charge in [0.05, 0.1) is 31.0 Å². The second kappa shape index (κ2) is 9.19. The van der Waals surface area contributed by atoms with E-state index in [1.54, 1.807) is 25.8 Å². The van der Waals surface area contributed by atoms with E-state index in [4.69, 9.17) is 4.74 Å². The van der Waals surface area contributed by atoms with Gasteiger partial charge in [0.25, 0.3) is 0 Å². The average Bonchev–Trinajstić information content (AvgIpc) is 3.38. The van der Waals surface area contributed by atoms with E-state index in [0.717, 1.165) is 46.9 Å². The van der Waals surface area contributed by atoms with Crippen molar-refractivity contribution in [2.45, 2.75) is 32.3 Å². The van der Waals surface area contributed by atoms with E-state index in [1.807, 2.05) is 41.1 Å². The topological polar surface area (TPSA) is 63.4 Å². The highest BCUT2D eigenvalue weighted by Crippen LogP contribution is 2.50. The summed E-state index contributed by atoms with van der Waals surface area (Å²) in [5.74, 6) is 1.22. The Morgan fingerprint density at radius 2 is 1.78 bits per heavy atom. The Balaban J connectivity index is 1.55. The summed E-state index contributed by atoms with van der Waals surface area (Å²) in [4.78, 5) is 11.4. The van der Waals surface area contributed by atoms with Crippen LogP contribution in [0.1, 0.15) is 43.4 Å². The first-order valence-corrected chi connectivity index (χ1v) is 12.4. The molecule has 5 rings (SSSR count). The molecule has 1 atom stereocenters. The fourth-order valence-electron chi connectivity index (χ4n) is 5.51. The molecule has 0 bridgehead atoms. The molecule has 1 fully saturated rings. The van der Waals surface area contributed by atoms with Crippen LogP contribution in [-0.4, -0.2) is 51.8 Å². The van der Waals surface area contributed by atoms with E-state index >= 15 is 0 Å². The van der Waals surface area contributed by atoms with E-state index in [9.17, 15) is 5.11 Å². The molecule has 0 aliphatic carbocycles. The smallest absolute Gasteiger partial charge is 0.124 e. The number of aromatic nitrogens is 3. The SMILES string of the molecule is COc1cccc(-c2cn(-c3cncc([C@@](O)(c4ccc(C(C)C)cc4)C4(C)CN(C)C4)c3)cn2)c1. The molecule has 4 aromatic rings. The predicted octanol–water partition coefficient (Wildman–Crippen LogP) is 5.25. The van der Waals surface area contributed by atoms with Crippen molar-refractivity contribution in [3.05, 3.63) is 96.2 Å². The molecule has 1 aliphatic rings. The number of pyridine rings is 1. The maximum atomic E-state index is 12.5. The Morgan fingerprint density at radius 3 is 2.44 bits per heavy atom. The van der Waals surface area contributed by atoms with Gasteiger partial charge in [-0.2, -0.15) is 0 Å². The fourth-order valence-corrected chi connectivity index (χ4v) is 5.51. The van der Waals surface area contributed by atoms with Crippen LogP contribution in [0, 0.1) is 5.41 Å². The minimum Gasteiger partial charge on any atom is -0.497 e. The van der Waals surface area contributed by atoms with E-state index < -0.39 is 5.60 Å². The molecule has 6 nitrogen and oxygen atoms in total. The Kier molecular flexibility index (Phi) is 6.18. The molecular formula is C30H34N4O2. The third-order valence-corrected chi connectivity index (χ3v) is 7.49. The van der Waals surface area contributed by atoms with Crippen molar-refractivity contribution < 1.29 is 9.84 Å². The number of likely N-dealkylation sites (tertiary alicyclic amines) is 1. The summed E-state index contributed by atoms with van der Waals surface area (Å²) in [6.07, 6.45) is 7.36. The second-order valence-electron chi connectivity index (χ2n) is 10.6. The number of nitrogens with zero attached hydrogens (tertiary/aromatic N) is 4. The van der Waals surface area contributed by atoms with Gasteiger partial charge in [0, 0.05) is 42.0 Å². The lowest BCUT2D eigenvalue weighted by Crippen LogP contribution is -2.63. The van der Waals surface area contributed by atoms with Gasteiger partial charge in [0.15, 0.2) is 0 Å². The van der Waals surface area contributed by atoms with Crippen LogP contribution in [0.25, 0.3) is 16.9 Å². The molecule has 2 aromatic heterocycles. The number of rotatable bonds is 7. The summed E-state index contributed by atoms with van der Waals surface area (Å²) in [5, 5.41) is 12.5. The highest BCUT2D eigenvalue weighted by molar-refractivity contribution is 5.61. The van der Waals surface area contributed by atoms with Crippen LogP contribution in [0.15, 0.2) is 79.5 Å². The summed E-state index contributed by atoms with van der Waals surface area (Å²) in [5.41, 5.74) is 4.06. The highest BCUT2D eigenvalue weighted by Gasteiger charge is 2.55. The first-order chi connectivity index (χ1) is 17.2. The lowest BCUT2D eigenvalue weighted by molar-refractivity contribution is -0.127. The molecule has 0 radical (unpaired) electrons. The Hall–Kier alpha value is -3.48. The molecule has 3 heterocycles. The molecule has 1 N–H and O–H groups in total. The van der Waals surface area contributed by atoms with Gasteiger partial charge in [-0.3, -0.25) is 4.98 Å². The van der Waals surface area contributed by atoms with Gasteiger partial charge >= 0.3 is 0 Å². The summed E-state index contributed by atoms with van der Waals surface area (Å²) >= 11 is 0. The largest absolute Gasteiger partial charge is 0.497 e. The van der Waals surface area contributed by atoms with E-state index in [-0.39, 0.29) is 5.41 Å².